The van der Waals surface area contributed by atoms with E-state index < -0.39 is 16.6 Å². The molecule has 2 rings (SSSR count). The maximum atomic E-state index is 6.71. The summed E-state index contributed by atoms with van der Waals surface area (Å²) in [7, 11) is -3.95. The Hall–Kier alpha value is -1.31. The number of allylic oxidation sites excluding steroid dienone is 1. The number of hydrogen-bond acceptors (Lipinski definition) is 2. The first-order chi connectivity index (χ1) is 14.4. The Morgan fingerprint density at radius 1 is 0.781 bits per heavy atom. The van der Waals surface area contributed by atoms with Crippen molar-refractivity contribution in [1.82, 2.24) is 0 Å². The average molecular weight is 534 g/mol. The topological polar surface area (TPSA) is 18.5 Å². The Morgan fingerprint density at radius 2 is 1.22 bits per heavy atom. The molecule has 0 radical (unpaired) electrons. The van der Waals surface area contributed by atoms with Crippen molar-refractivity contribution >= 4 is 44.2 Å². The monoisotopic (exact) mass is 532 g/mol. The molecule has 0 saturated carbocycles. The van der Waals surface area contributed by atoms with Gasteiger partial charge in [0.05, 0.1) is 0 Å². The Balaban J connectivity index is 2.57. The van der Waals surface area contributed by atoms with E-state index in [4.69, 9.17) is 8.85 Å². The van der Waals surface area contributed by atoms with E-state index in [1.54, 1.807) is 0 Å². The minimum Gasteiger partial charge on any atom is -0.543 e. The molecule has 0 N–H and O–H groups in total. The van der Waals surface area contributed by atoms with Crippen LogP contribution in [0.2, 0.25) is 36.3 Å². The highest BCUT2D eigenvalue weighted by Gasteiger charge is 2.40. The predicted octanol–water partition coefficient (Wildman–Crippen LogP) is 9.78. The van der Waals surface area contributed by atoms with Gasteiger partial charge in [-0.2, -0.15) is 0 Å². The third-order valence-corrected chi connectivity index (χ3v) is 16.4. The number of halogens is 1. The van der Waals surface area contributed by atoms with E-state index in [1.165, 1.54) is 5.57 Å². The van der Waals surface area contributed by atoms with Crippen LogP contribution >= 0.6 is 15.9 Å². The van der Waals surface area contributed by atoms with Crippen LogP contribution in [0.3, 0.4) is 0 Å². The van der Waals surface area contributed by atoms with Crippen LogP contribution in [0.25, 0.3) is 11.6 Å². The fraction of sp³-hybridized carbons (Fsp3) is 0.481. The second-order valence-electron chi connectivity index (χ2n) is 11.8. The van der Waals surface area contributed by atoms with Gasteiger partial charge in [0.15, 0.2) is 0 Å². The van der Waals surface area contributed by atoms with Gasteiger partial charge in [0, 0.05) is 10.5 Å². The SMILES string of the molecule is CC(=Cc1ccccc1Br)c1cc(O[Si](C)(C)C(C)(C)C)cc(O[Si](C)(C)C(C)(C)C)c1. The van der Waals surface area contributed by atoms with Crippen molar-refractivity contribution in [3.63, 3.8) is 0 Å². The fourth-order valence-corrected chi connectivity index (χ4v) is 5.15. The Morgan fingerprint density at radius 3 is 1.62 bits per heavy atom. The smallest absolute Gasteiger partial charge is 0.250 e. The molecule has 0 spiro atoms. The lowest BCUT2D eigenvalue weighted by molar-refractivity contribution is 0.474. The quantitative estimate of drug-likeness (QED) is 0.272. The third-order valence-electron chi connectivity index (χ3n) is 6.97. The Bertz CT molecular complexity index is 934. The summed E-state index contributed by atoms with van der Waals surface area (Å²) in [4.78, 5) is 0. The molecule has 0 aliphatic rings. The molecule has 0 amide bonds. The highest BCUT2D eigenvalue weighted by molar-refractivity contribution is 9.10. The van der Waals surface area contributed by atoms with E-state index in [9.17, 15) is 0 Å². The molecule has 0 saturated heterocycles. The van der Waals surface area contributed by atoms with Gasteiger partial charge in [0.25, 0.3) is 0 Å². The largest absolute Gasteiger partial charge is 0.543 e. The lowest BCUT2D eigenvalue weighted by Crippen LogP contribution is -2.44. The number of benzene rings is 2. The molecule has 0 atom stereocenters. The molecule has 0 bridgehead atoms. The van der Waals surface area contributed by atoms with E-state index >= 15 is 0 Å². The molecule has 2 aromatic rings. The van der Waals surface area contributed by atoms with Gasteiger partial charge in [-0.25, -0.2) is 0 Å². The molecule has 176 valence electrons. The summed E-state index contributed by atoms with van der Waals surface area (Å²) >= 11 is 3.67. The minimum atomic E-state index is -1.98. The molecule has 32 heavy (non-hydrogen) atoms. The summed E-state index contributed by atoms with van der Waals surface area (Å²) in [5.74, 6) is 1.81. The molecule has 0 aromatic heterocycles. The van der Waals surface area contributed by atoms with E-state index in [0.29, 0.717) is 0 Å². The van der Waals surface area contributed by atoms with Crippen LogP contribution in [0.15, 0.2) is 46.9 Å². The van der Waals surface area contributed by atoms with Gasteiger partial charge in [-0.15, -0.1) is 0 Å². The van der Waals surface area contributed by atoms with Gasteiger partial charge in [0.1, 0.15) is 11.5 Å². The second-order valence-corrected chi connectivity index (χ2v) is 22.1. The normalized spacial score (nSPS) is 13.8. The average Bonchev–Trinajstić information content (AvgIpc) is 2.60. The van der Waals surface area contributed by atoms with Gasteiger partial charge < -0.3 is 8.85 Å². The molecule has 0 aliphatic heterocycles. The first kappa shape index (κ1) is 26.9. The maximum Gasteiger partial charge on any atom is 0.250 e. The van der Waals surface area contributed by atoms with Crippen LogP contribution in [-0.4, -0.2) is 16.6 Å². The molecule has 5 heteroatoms. The Labute approximate surface area is 206 Å². The van der Waals surface area contributed by atoms with E-state index in [0.717, 1.165) is 27.1 Å². The second kappa shape index (κ2) is 9.51. The van der Waals surface area contributed by atoms with Crippen molar-refractivity contribution in [3.8, 4) is 11.5 Å². The van der Waals surface area contributed by atoms with Crippen molar-refractivity contribution in [2.24, 2.45) is 0 Å². The molecule has 0 unspecified atom stereocenters. The summed E-state index contributed by atoms with van der Waals surface area (Å²) in [6.45, 7) is 24.9. The van der Waals surface area contributed by atoms with Gasteiger partial charge in [0.2, 0.25) is 16.6 Å². The first-order valence-electron chi connectivity index (χ1n) is 11.4. The Kier molecular flexibility index (Phi) is 8.01. The van der Waals surface area contributed by atoms with Crippen LogP contribution in [0.4, 0.5) is 0 Å². The molecular weight excluding hydrogens is 492 g/mol. The minimum absolute atomic E-state index is 0.128. The van der Waals surface area contributed by atoms with Gasteiger partial charge in [-0.3, -0.25) is 0 Å². The molecule has 0 aliphatic carbocycles. The van der Waals surface area contributed by atoms with Gasteiger partial charge >= 0.3 is 0 Å². The fourth-order valence-electron chi connectivity index (χ4n) is 2.72. The van der Waals surface area contributed by atoms with E-state index in [1.807, 2.05) is 6.07 Å². The zero-order valence-corrected chi connectivity index (χ0v) is 25.4. The lowest BCUT2D eigenvalue weighted by atomic mass is 10.0. The van der Waals surface area contributed by atoms with Crippen LogP contribution in [-0.2, 0) is 0 Å². The zero-order chi connectivity index (χ0) is 24.5. The van der Waals surface area contributed by atoms with E-state index in [-0.39, 0.29) is 10.1 Å². The highest BCUT2D eigenvalue weighted by atomic mass is 79.9. The lowest BCUT2D eigenvalue weighted by Gasteiger charge is -2.38. The summed E-state index contributed by atoms with van der Waals surface area (Å²) in [5.41, 5.74) is 3.47. The standard InChI is InChI=1S/C27H41BrO2Si2/c1-20(16-21-14-12-13-15-25(21)28)22-17-23(29-31(8,9)26(2,3)4)19-24(18-22)30-32(10,11)27(5,6)7/h12-19H,1-11H3. The molecule has 2 aromatic carbocycles. The third kappa shape index (κ3) is 6.61. The van der Waals surface area contributed by atoms with Gasteiger partial charge in [-0.1, -0.05) is 81.7 Å². The van der Waals surface area contributed by atoms with Crippen molar-refractivity contribution in [1.29, 1.82) is 0 Å². The summed E-state index contributed by atoms with van der Waals surface area (Å²) in [6.07, 6.45) is 2.21. The van der Waals surface area contributed by atoms with Crippen LogP contribution < -0.4 is 8.85 Å². The zero-order valence-electron chi connectivity index (χ0n) is 21.8. The summed E-state index contributed by atoms with van der Waals surface area (Å²) < 4.78 is 14.5. The number of hydrogen-bond donors (Lipinski definition) is 0. The van der Waals surface area contributed by atoms with Crippen LogP contribution in [0.1, 0.15) is 59.6 Å². The highest BCUT2D eigenvalue weighted by Crippen LogP contribution is 2.41. The van der Waals surface area contributed by atoms with Crippen molar-refractivity contribution in [2.45, 2.75) is 84.7 Å². The van der Waals surface area contributed by atoms with Crippen molar-refractivity contribution < 1.29 is 8.85 Å². The maximum absolute atomic E-state index is 6.71. The first-order valence-corrected chi connectivity index (χ1v) is 18.0. The summed E-state index contributed by atoms with van der Waals surface area (Å²) in [5, 5.41) is 0.256. The molecular formula is C27H41BrO2Si2. The van der Waals surface area contributed by atoms with Crippen LogP contribution in [0, 0.1) is 0 Å². The molecule has 2 nitrogen and oxygen atoms in total. The molecule has 0 heterocycles. The van der Waals surface area contributed by atoms with Crippen molar-refractivity contribution in [3.05, 3.63) is 58.1 Å². The van der Waals surface area contributed by atoms with Crippen LogP contribution in [0.5, 0.6) is 11.5 Å². The summed E-state index contributed by atoms with van der Waals surface area (Å²) in [6, 6.07) is 14.7. The number of rotatable bonds is 6. The molecule has 0 fully saturated rings. The van der Waals surface area contributed by atoms with Crippen molar-refractivity contribution in [2.75, 3.05) is 0 Å². The van der Waals surface area contributed by atoms with Gasteiger partial charge in [-0.05, 0) is 78.1 Å². The van der Waals surface area contributed by atoms with E-state index in [2.05, 4.69) is 133 Å². The predicted molar refractivity (Wildman–Crippen MR) is 150 cm³/mol.